The molecule has 6 nitrogen and oxygen atoms in total. The molecule has 4 aromatic carbocycles. The fraction of sp³-hybridized carbons (Fsp3) is 0.0357. The van der Waals surface area contributed by atoms with Crippen molar-refractivity contribution in [2.24, 2.45) is 0 Å². The summed E-state index contributed by atoms with van der Waals surface area (Å²) >= 11 is 11.4. The Morgan fingerprint density at radius 3 is 2.56 bits per heavy atom. The molecule has 0 unspecified atom stereocenters. The third kappa shape index (κ3) is 5.71. The van der Waals surface area contributed by atoms with Gasteiger partial charge in [0.05, 0.1) is 0 Å². The fourth-order valence-corrected chi connectivity index (χ4v) is 3.91. The number of hydrogen-bond acceptors (Lipinski definition) is 5. The highest BCUT2D eigenvalue weighted by molar-refractivity contribution is 7.80. The first kappa shape index (κ1) is 23.5. The largest absolute Gasteiger partial charge is 0.489 e. The lowest BCUT2D eigenvalue weighted by molar-refractivity contribution is 0.0977. The third-order valence-electron chi connectivity index (χ3n) is 5.31. The highest BCUT2D eigenvalue weighted by Crippen LogP contribution is 2.27. The molecule has 178 valence electrons. The van der Waals surface area contributed by atoms with Gasteiger partial charge < -0.3 is 14.5 Å². The number of aromatic nitrogens is 1. The lowest BCUT2D eigenvalue weighted by Crippen LogP contribution is -2.34. The highest BCUT2D eigenvalue weighted by Gasteiger charge is 2.11. The van der Waals surface area contributed by atoms with E-state index in [1.807, 2.05) is 54.6 Å². The summed E-state index contributed by atoms with van der Waals surface area (Å²) in [7, 11) is 0. The lowest BCUT2D eigenvalue weighted by atomic mass is 10.2. The van der Waals surface area contributed by atoms with Crippen molar-refractivity contribution in [1.29, 1.82) is 0 Å². The Labute approximate surface area is 217 Å². The molecule has 5 rings (SSSR count). The Morgan fingerprint density at radius 1 is 0.944 bits per heavy atom. The van der Waals surface area contributed by atoms with Gasteiger partial charge in [-0.3, -0.25) is 10.1 Å². The SMILES string of the molecule is O=C(NC(=S)Nc1cccc(-c2nc3cc(Cl)ccc3o2)c1)c1ccc(OCc2ccccc2)cc1. The van der Waals surface area contributed by atoms with Crippen molar-refractivity contribution >= 4 is 51.6 Å². The molecule has 5 aromatic rings. The van der Waals surface area contributed by atoms with Crippen LogP contribution >= 0.6 is 23.8 Å². The van der Waals surface area contributed by atoms with E-state index >= 15 is 0 Å². The Hall–Kier alpha value is -4.20. The third-order valence-corrected chi connectivity index (χ3v) is 5.75. The van der Waals surface area contributed by atoms with Crippen molar-refractivity contribution in [3.8, 4) is 17.2 Å². The number of thiocarbonyl (C=S) groups is 1. The van der Waals surface area contributed by atoms with Crippen LogP contribution in [-0.4, -0.2) is 16.0 Å². The number of oxazole rings is 1. The Morgan fingerprint density at radius 2 is 1.75 bits per heavy atom. The van der Waals surface area contributed by atoms with Gasteiger partial charge in [0, 0.05) is 21.8 Å². The number of carbonyl (C=O) groups is 1. The van der Waals surface area contributed by atoms with Crippen LogP contribution in [0.25, 0.3) is 22.6 Å². The quantitative estimate of drug-likeness (QED) is 0.242. The molecule has 36 heavy (non-hydrogen) atoms. The number of rotatable bonds is 6. The standard InChI is InChI=1S/C28H20ClN3O3S/c29-21-11-14-25-24(16-21)31-27(35-25)20-7-4-8-22(15-20)30-28(36)32-26(33)19-9-12-23(13-10-19)34-17-18-5-2-1-3-6-18/h1-16H,17H2,(H2,30,32,33,36). The summed E-state index contributed by atoms with van der Waals surface area (Å²) in [6.07, 6.45) is 0. The number of fused-ring (bicyclic) bond motifs is 1. The van der Waals surface area contributed by atoms with Crippen molar-refractivity contribution < 1.29 is 13.9 Å². The molecule has 0 bridgehead atoms. The monoisotopic (exact) mass is 513 g/mol. The van der Waals surface area contributed by atoms with Gasteiger partial charge >= 0.3 is 0 Å². The van der Waals surface area contributed by atoms with Crippen LogP contribution in [0, 0.1) is 0 Å². The number of halogens is 1. The first-order chi connectivity index (χ1) is 17.5. The number of carbonyl (C=O) groups excluding carboxylic acids is 1. The lowest BCUT2D eigenvalue weighted by Gasteiger charge is -2.11. The zero-order chi connectivity index (χ0) is 24.9. The van der Waals surface area contributed by atoms with Crippen LogP contribution in [0.5, 0.6) is 5.75 Å². The van der Waals surface area contributed by atoms with Crippen molar-refractivity contribution in [3.63, 3.8) is 0 Å². The molecule has 0 atom stereocenters. The van der Waals surface area contributed by atoms with E-state index < -0.39 is 0 Å². The number of nitrogens with one attached hydrogen (secondary N) is 2. The Kier molecular flexibility index (Phi) is 6.93. The molecule has 0 aliphatic carbocycles. The van der Waals surface area contributed by atoms with Gasteiger partial charge in [0.15, 0.2) is 10.7 Å². The maximum atomic E-state index is 12.6. The van der Waals surface area contributed by atoms with Crippen molar-refractivity contribution in [1.82, 2.24) is 10.3 Å². The summed E-state index contributed by atoms with van der Waals surface area (Å²) in [4.78, 5) is 17.1. The molecule has 2 N–H and O–H groups in total. The molecule has 0 spiro atoms. The summed E-state index contributed by atoms with van der Waals surface area (Å²) in [5, 5.41) is 6.49. The van der Waals surface area contributed by atoms with Gasteiger partial charge in [0.1, 0.15) is 17.9 Å². The zero-order valence-corrected chi connectivity index (χ0v) is 20.5. The first-order valence-corrected chi connectivity index (χ1v) is 11.9. The van der Waals surface area contributed by atoms with Gasteiger partial charge in [-0.25, -0.2) is 4.98 Å². The minimum atomic E-state index is -0.325. The van der Waals surface area contributed by atoms with E-state index in [4.69, 9.17) is 33.0 Å². The van der Waals surface area contributed by atoms with E-state index in [0.29, 0.717) is 45.6 Å². The molecule has 0 aliphatic rings. The smallest absolute Gasteiger partial charge is 0.257 e. The second-order valence-corrected chi connectivity index (χ2v) is 8.76. The molecule has 0 aliphatic heterocycles. The maximum Gasteiger partial charge on any atom is 0.257 e. The molecular weight excluding hydrogens is 494 g/mol. The highest BCUT2D eigenvalue weighted by atomic mass is 35.5. The number of anilines is 1. The molecular formula is C28H20ClN3O3S. The van der Waals surface area contributed by atoms with Crippen molar-refractivity contribution in [2.75, 3.05) is 5.32 Å². The van der Waals surface area contributed by atoms with E-state index in [1.54, 1.807) is 42.5 Å². The van der Waals surface area contributed by atoms with E-state index in [-0.39, 0.29) is 11.0 Å². The molecule has 8 heteroatoms. The van der Waals surface area contributed by atoms with E-state index in [2.05, 4.69) is 15.6 Å². The topological polar surface area (TPSA) is 76.4 Å². The number of hydrogen-bond donors (Lipinski definition) is 2. The van der Waals surface area contributed by atoms with Crippen molar-refractivity contribution in [2.45, 2.75) is 6.61 Å². The van der Waals surface area contributed by atoms with Gasteiger partial charge in [-0.05, 0) is 78.4 Å². The number of ether oxygens (including phenoxy) is 1. The Balaban J connectivity index is 1.19. The van der Waals surface area contributed by atoms with Crippen LogP contribution in [0.15, 0.2) is 101 Å². The minimum absolute atomic E-state index is 0.172. The molecule has 0 fully saturated rings. The van der Waals surface area contributed by atoms with Gasteiger partial charge in [-0.2, -0.15) is 0 Å². The van der Waals surface area contributed by atoms with Gasteiger partial charge in [-0.15, -0.1) is 0 Å². The summed E-state index contributed by atoms with van der Waals surface area (Å²) in [5.74, 6) is 0.809. The predicted octanol–water partition coefficient (Wildman–Crippen LogP) is 6.85. The van der Waals surface area contributed by atoms with Crippen LogP contribution in [0.2, 0.25) is 5.02 Å². The van der Waals surface area contributed by atoms with Crippen LogP contribution in [0.3, 0.4) is 0 Å². The predicted molar refractivity (Wildman–Crippen MR) is 145 cm³/mol. The maximum absolute atomic E-state index is 12.6. The van der Waals surface area contributed by atoms with Gasteiger partial charge in [0.25, 0.3) is 5.91 Å². The second-order valence-electron chi connectivity index (χ2n) is 7.92. The number of amides is 1. The van der Waals surface area contributed by atoms with E-state index in [9.17, 15) is 4.79 Å². The van der Waals surface area contributed by atoms with E-state index in [0.717, 1.165) is 11.1 Å². The Bertz CT molecular complexity index is 1540. The van der Waals surface area contributed by atoms with Crippen LogP contribution in [0.1, 0.15) is 15.9 Å². The molecule has 0 saturated carbocycles. The second kappa shape index (κ2) is 10.6. The molecule has 1 aromatic heterocycles. The molecule has 1 amide bonds. The van der Waals surface area contributed by atoms with Gasteiger partial charge in [-0.1, -0.05) is 48.0 Å². The average molecular weight is 514 g/mol. The van der Waals surface area contributed by atoms with Crippen molar-refractivity contribution in [3.05, 3.63) is 113 Å². The van der Waals surface area contributed by atoms with E-state index in [1.165, 1.54) is 0 Å². The van der Waals surface area contributed by atoms with Crippen LogP contribution in [0.4, 0.5) is 5.69 Å². The van der Waals surface area contributed by atoms with Crippen LogP contribution in [-0.2, 0) is 6.61 Å². The normalized spacial score (nSPS) is 10.7. The first-order valence-electron chi connectivity index (χ1n) is 11.1. The molecule has 1 heterocycles. The zero-order valence-electron chi connectivity index (χ0n) is 18.9. The summed E-state index contributed by atoms with van der Waals surface area (Å²) in [5.41, 5.74) is 4.29. The number of nitrogens with zero attached hydrogens (tertiary/aromatic N) is 1. The summed E-state index contributed by atoms with van der Waals surface area (Å²) < 4.78 is 11.6. The van der Waals surface area contributed by atoms with Crippen LogP contribution < -0.4 is 15.4 Å². The molecule has 0 saturated heterocycles. The number of benzene rings is 4. The summed E-state index contributed by atoms with van der Waals surface area (Å²) in [6.45, 7) is 0.455. The minimum Gasteiger partial charge on any atom is -0.489 e. The fourth-order valence-electron chi connectivity index (χ4n) is 3.54. The summed E-state index contributed by atoms with van der Waals surface area (Å²) in [6, 6.07) is 29.4. The van der Waals surface area contributed by atoms with Gasteiger partial charge in [0.2, 0.25) is 5.89 Å². The molecule has 0 radical (unpaired) electrons. The average Bonchev–Trinajstić information content (AvgIpc) is 3.32.